The van der Waals surface area contributed by atoms with Gasteiger partial charge in [0.2, 0.25) is 0 Å². The highest BCUT2D eigenvalue weighted by atomic mass is 32.2. The molecule has 1 aromatic heterocycles. The highest BCUT2D eigenvalue weighted by Crippen LogP contribution is 2.48. The molecule has 0 spiro atoms. The van der Waals surface area contributed by atoms with Crippen molar-refractivity contribution in [1.29, 1.82) is 0 Å². The number of thioether (sulfide) groups is 1. The number of aromatic amines is 1. The zero-order valence-corrected chi connectivity index (χ0v) is 26.2. The van der Waals surface area contributed by atoms with Crippen LogP contribution in [0.5, 0.6) is 11.5 Å². The number of H-pyrrole nitrogens is 1. The first-order chi connectivity index (χ1) is 21.4. The molecule has 1 aliphatic rings. The first kappa shape index (κ1) is 32.4. The molecular formula is C33H33F4N3O4S. The van der Waals surface area contributed by atoms with Crippen LogP contribution in [0.25, 0.3) is 0 Å². The minimum absolute atomic E-state index is 0.00703. The predicted molar refractivity (Wildman–Crippen MR) is 165 cm³/mol. The third-order valence-electron chi connectivity index (χ3n) is 7.96. The molecule has 4 aromatic rings. The molecule has 2 unspecified atom stereocenters. The minimum Gasteiger partial charge on any atom is -0.497 e. The number of fused-ring (bicyclic) bond motifs is 1. The lowest BCUT2D eigenvalue weighted by Crippen LogP contribution is -2.31. The maximum Gasteiger partial charge on any atom is 0.417 e. The van der Waals surface area contributed by atoms with Crippen molar-refractivity contribution < 1.29 is 31.8 Å². The van der Waals surface area contributed by atoms with E-state index in [2.05, 4.69) is 9.97 Å². The summed E-state index contributed by atoms with van der Waals surface area (Å²) in [7, 11) is 3.10. The van der Waals surface area contributed by atoms with Gasteiger partial charge in [-0.1, -0.05) is 43.0 Å². The maximum absolute atomic E-state index is 16.9. The fourth-order valence-corrected chi connectivity index (χ4v) is 6.09. The lowest BCUT2D eigenvalue weighted by molar-refractivity contribution is -0.141. The van der Waals surface area contributed by atoms with Crippen LogP contribution in [-0.2, 0) is 30.6 Å². The van der Waals surface area contributed by atoms with Crippen LogP contribution in [0.3, 0.4) is 0 Å². The van der Waals surface area contributed by atoms with E-state index in [-0.39, 0.29) is 36.5 Å². The Hall–Kier alpha value is -4.03. The number of halogens is 4. The van der Waals surface area contributed by atoms with E-state index in [1.165, 1.54) is 24.8 Å². The lowest BCUT2D eigenvalue weighted by Gasteiger charge is -2.35. The Kier molecular flexibility index (Phi) is 9.45. The summed E-state index contributed by atoms with van der Waals surface area (Å²) in [6.07, 6.45) is -4.49. The summed E-state index contributed by atoms with van der Waals surface area (Å²) in [5, 5.41) is 0.317. The second kappa shape index (κ2) is 13.1. The van der Waals surface area contributed by atoms with Gasteiger partial charge in [-0.3, -0.25) is 4.79 Å². The van der Waals surface area contributed by atoms with Gasteiger partial charge in [0.1, 0.15) is 11.5 Å². The fraction of sp³-hybridized carbons (Fsp3) is 0.333. The van der Waals surface area contributed by atoms with Gasteiger partial charge >= 0.3 is 6.18 Å². The van der Waals surface area contributed by atoms with Crippen LogP contribution < -0.4 is 19.9 Å². The molecule has 45 heavy (non-hydrogen) atoms. The van der Waals surface area contributed by atoms with Gasteiger partial charge in [0.05, 0.1) is 49.4 Å². The van der Waals surface area contributed by atoms with Crippen molar-refractivity contribution >= 4 is 17.4 Å². The summed E-state index contributed by atoms with van der Waals surface area (Å²) in [6.45, 7) is 3.00. The van der Waals surface area contributed by atoms with Crippen LogP contribution in [-0.4, -0.2) is 30.4 Å². The van der Waals surface area contributed by atoms with Gasteiger partial charge < -0.3 is 24.1 Å². The van der Waals surface area contributed by atoms with Crippen molar-refractivity contribution in [2.24, 2.45) is 0 Å². The highest BCUT2D eigenvalue weighted by molar-refractivity contribution is 7.98. The highest BCUT2D eigenvalue weighted by Gasteiger charge is 2.44. The number of aromatic nitrogens is 2. The molecule has 0 amide bonds. The monoisotopic (exact) mass is 643 g/mol. The number of nitrogens with zero attached hydrogens (tertiary/aromatic N) is 2. The molecule has 0 bridgehead atoms. The van der Waals surface area contributed by atoms with Gasteiger partial charge in [-0.05, 0) is 60.2 Å². The van der Waals surface area contributed by atoms with E-state index >= 15 is 4.39 Å². The summed E-state index contributed by atoms with van der Waals surface area (Å²) >= 11 is 1.20. The molecule has 2 atom stereocenters. The van der Waals surface area contributed by atoms with Crippen LogP contribution in [0.15, 0.2) is 64.5 Å². The van der Waals surface area contributed by atoms with Gasteiger partial charge in [-0.15, -0.1) is 0 Å². The van der Waals surface area contributed by atoms with Crippen molar-refractivity contribution in [3.63, 3.8) is 0 Å². The van der Waals surface area contributed by atoms with Gasteiger partial charge in [-0.2, -0.15) is 13.2 Å². The minimum atomic E-state index is -4.87. The largest absolute Gasteiger partial charge is 0.497 e. The standard InChI is InChI=1S/C33H33F4N3O4S/c1-18-14-25(40(15-20-6-10-22(42-3)11-7-20)16-21-8-12-23(43-4)13-9-21)28(34)26(27(18)33(35,36)37)30-19(2)29-24(17-44-30)31(41)39-32(38-29)45-5/h6-14,19,30H,15-17H2,1-5H3,(H,38,39,41). The van der Waals surface area contributed by atoms with Crippen LogP contribution in [0.4, 0.5) is 23.2 Å². The van der Waals surface area contributed by atoms with Gasteiger partial charge in [0.15, 0.2) is 11.0 Å². The normalized spacial score (nSPS) is 16.3. The number of rotatable bonds is 9. The van der Waals surface area contributed by atoms with Gasteiger partial charge in [-0.25, -0.2) is 9.37 Å². The lowest BCUT2D eigenvalue weighted by atomic mass is 9.85. The van der Waals surface area contributed by atoms with Crippen molar-refractivity contribution in [2.45, 2.75) is 56.9 Å². The molecule has 0 aliphatic carbocycles. The van der Waals surface area contributed by atoms with E-state index in [0.29, 0.717) is 22.3 Å². The van der Waals surface area contributed by atoms with Crippen molar-refractivity contribution in [1.82, 2.24) is 9.97 Å². The number of methoxy groups -OCH3 is 2. The Labute approximate surface area is 262 Å². The molecule has 0 radical (unpaired) electrons. The Morgan fingerprint density at radius 1 is 1.02 bits per heavy atom. The molecule has 1 N–H and O–H groups in total. The molecule has 238 valence electrons. The predicted octanol–water partition coefficient (Wildman–Crippen LogP) is 7.56. The maximum atomic E-state index is 16.9. The topological polar surface area (TPSA) is 76.7 Å². The van der Waals surface area contributed by atoms with Gasteiger partial charge in [0.25, 0.3) is 5.56 Å². The Morgan fingerprint density at radius 3 is 2.07 bits per heavy atom. The number of benzene rings is 3. The summed E-state index contributed by atoms with van der Waals surface area (Å²) in [4.78, 5) is 21.5. The Morgan fingerprint density at radius 2 is 1.58 bits per heavy atom. The van der Waals surface area contributed by atoms with E-state index in [9.17, 15) is 18.0 Å². The molecule has 1 aliphatic heterocycles. The zero-order chi connectivity index (χ0) is 32.5. The first-order valence-electron chi connectivity index (χ1n) is 14.1. The summed E-state index contributed by atoms with van der Waals surface area (Å²) < 4.78 is 77.4. The van der Waals surface area contributed by atoms with E-state index in [1.807, 2.05) is 24.3 Å². The third-order valence-corrected chi connectivity index (χ3v) is 8.54. The van der Waals surface area contributed by atoms with E-state index in [4.69, 9.17) is 14.2 Å². The van der Waals surface area contributed by atoms with Crippen molar-refractivity contribution in [2.75, 3.05) is 25.4 Å². The Balaban J connectivity index is 1.66. The molecule has 0 fully saturated rings. The number of aryl methyl sites for hydroxylation is 1. The Bertz CT molecular complexity index is 1680. The fourth-order valence-electron chi connectivity index (χ4n) is 5.70. The molecular weight excluding hydrogens is 610 g/mol. The first-order valence-corrected chi connectivity index (χ1v) is 15.4. The van der Waals surface area contributed by atoms with Crippen LogP contribution in [0.2, 0.25) is 0 Å². The molecule has 0 saturated heterocycles. The second-order valence-electron chi connectivity index (χ2n) is 10.8. The number of nitrogens with one attached hydrogen (secondary N) is 1. The molecule has 12 heteroatoms. The molecule has 7 nitrogen and oxygen atoms in total. The van der Waals surface area contributed by atoms with E-state index in [1.54, 1.807) is 56.6 Å². The smallest absolute Gasteiger partial charge is 0.417 e. The number of hydrogen-bond donors (Lipinski definition) is 1. The number of anilines is 1. The van der Waals surface area contributed by atoms with Crippen LogP contribution in [0.1, 0.15) is 58.0 Å². The number of alkyl halides is 3. The second-order valence-corrected chi connectivity index (χ2v) is 11.6. The molecule has 2 heterocycles. The molecule has 5 rings (SSSR count). The van der Waals surface area contributed by atoms with Crippen LogP contribution in [0, 0.1) is 12.7 Å². The quantitative estimate of drug-likeness (QED) is 0.115. The molecule has 0 saturated carbocycles. The summed E-state index contributed by atoms with van der Waals surface area (Å²) in [5.41, 5.74) is -0.158. The van der Waals surface area contributed by atoms with Crippen molar-refractivity contribution in [3.05, 3.63) is 110 Å². The average molecular weight is 644 g/mol. The zero-order valence-electron chi connectivity index (χ0n) is 25.4. The summed E-state index contributed by atoms with van der Waals surface area (Å²) in [6, 6.07) is 15.6. The van der Waals surface area contributed by atoms with Crippen molar-refractivity contribution in [3.8, 4) is 11.5 Å². The SMILES string of the molecule is COc1ccc(CN(Cc2ccc(OC)cc2)c2cc(C)c(C(F)(F)F)c(C3OCc4c(nc(SC)[nH]c4=O)C3C)c2F)cc1. The molecule has 3 aromatic carbocycles. The average Bonchev–Trinajstić information content (AvgIpc) is 3.02. The number of ether oxygens (including phenoxy) is 3. The van der Waals surface area contributed by atoms with E-state index in [0.717, 1.165) is 11.1 Å². The van der Waals surface area contributed by atoms with Gasteiger partial charge in [0, 0.05) is 24.6 Å². The number of hydrogen-bond acceptors (Lipinski definition) is 7. The van der Waals surface area contributed by atoms with Crippen LogP contribution >= 0.6 is 11.8 Å². The van der Waals surface area contributed by atoms with E-state index < -0.39 is 40.7 Å². The summed E-state index contributed by atoms with van der Waals surface area (Å²) in [5.74, 6) is -0.603. The third kappa shape index (κ3) is 6.67.